The first-order valence-electron chi connectivity index (χ1n) is 21.8. The van der Waals surface area contributed by atoms with Gasteiger partial charge in [0.15, 0.2) is 5.82 Å². The number of nitriles is 1. The number of nitrogens with zero attached hydrogens (tertiary/aromatic N) is 4. The van der Waals surface area contributed by atoms with Gasteiger partial charge in [-0.1, -0.05) is 24.3 Å². The molecule has 342 valence electrons. The van der Waals surface area contributed by atoms with E-state index in [2.05, 4.69) is 43.4 Å². The Kier molecular flexibility index (Phi) is 16.2. The van der Waals surface area contributed by atoms with Gasteiger partial charge in [0, 0.05) is 49.4 Å². The van der Waals surface area contributed by atoms with E-state index in [-0.39, 0.29) is 57.8 Å². The van der Waals surface area contributed by atoms with Crippen LogP contribution >= 0.6 is 0 Å². The quantitative estimate of drug-likeness (QED) is 0.0835. The van der Waals surface area contributed by atoms with Gasteiger partial charge in [0.2, 0.25) is 23.6 Å². The van der Waals surface area contributed by atoms with Crippen LogP contribution in [-0.4, -0.2) is 109 Å². The molecule has 2 heterocycles. The largest absolute Gasteiger partial charge is 0.492 e. The second-order valence-corrected chi connectivity index (χ2v) is 16.1. The summed E-state index contributed by atoms with van der Waals surface area (Å²) in [6.45, 7) is 3.53. The van der Waals surface area contributed by atoms with Gasteiger partial charge < -0.3 is 52.8 Å². The number of nitrogens with two attached hydrogens (primary N) is 3. The molecule has 1 aliphatic heterocycles. The molecule has 1 aliphatic carbocycles. The Morgan fingerprint density at radius 2 is 1.60 bits per heavy atom. The van der Waals surface area contributed by atoms with Crippen LogP contribution in [0.5, 0.6) is 11.5 Å². The number of aromatic nitrogens is 2. The van der Waals surface area contributed by atoms with E-state index in [1.807, 2.05) is 12.1 Å². The van der Waals surface area contributed by atoms with Crippen molar-refractivity contribution < 1.29 is 33.4 Å². The number of amides is 5. The lowest BCUT2D eigenvalue weighted by Crippen LogP contribution is -2.56. The van der Waals surface area contributed by atoms with Gasteiger partial charge >= 0.3 is 0 Å². The Labute approximate surface area is 378 Å². The number of hydrogen-bond donors (Lipinski definition) is 7. The number of hydrogen-bond acceptors (Lipinski definition) is 13. The minimum Gasteiger partial charge on any atom is -0.492 e. The first kappa shape index (κ1) is 47.5. The molecule has 10 N–H and O–H groups in total. The van der Waals surface area contributed by atoms with Crippen LogP contribution in [0.2, 0.25) is 0 Å². The third-order valence-electron chi connectivity index (χ3n) is 11.4. The molecule has 0 saturated carbocycles. The number of rotatable bonds is 15. The predicted octanol–water partition coefficient (Wildman–Crippen LogP) is 1.51. The van der Waals surface area contributed by atoms with Gasteiger partial charge in [-0.15, -0.1) is 0 Å². The molecule has 2 aliphatic rings. The van der Waals surface area contributed by atoms with Crippen LogP contribution in [0.3, 0.4) is 0 Å². The molecule has 0 saturated heterocycles. The molecule has 4 bridgehead atoms. The van der Waals surface area contributed by atoms with Crippen LogP contribution in [0.4, 0.5) is 0 Å². The summed E-state index contributed by atoms with van der Waals surface area (Å²) in [5, 5.41) is 19.9. The average molecular weight is 888 g/mol. The molecule has 18 nitrogen and oxygen atoms in total. The number of fused-ring (bicyclic) bond motifs is 6. The highest BCUT2D eigenvalue weighted by Gasteiger charge is 2.36. The van der Waals surface area contributed by atoms with Crippen LogP contribution in [0.15, 0.2) is 60.8 Å². The third kappa shape index (κ3) is 11.4. The van der Waals surface area contributed by atoms with Crippen LogP contribution in [0.1, 0.15) is 70.5 Å². The maximum atomic E-state index is 14.7. The number of nitrogens with one attached hydrogen (secondary N) is 4. The van der Waals surface area contributed by atoms with E-state index in [0.29, 0.717) is 45.3 Å². The standard InChI is InChI=1S/C47H57N11O7/c1-27-36(26-53-42(54-27)33-10-9-30-6-4-5-7-31(30)24-33)44(60)56-37(14-15-48)47(63)58(3)41-32-11-13-40(65-21-18-51)35(25-32)34-22-29(8-12-39(34)64-20-17-50)23-38(45(61)52-19-16-49)57-43(59)28(2)55-46(41)62/h8-13,22,24-26,28,37-38,41H,4-7,14-15,17-21,23,48,50-51H2,1-3H3,(H,52,61)(H,55,62)(H,56,60)(H,57,59). The monoisotopic (exact) mass is 887 g/mol. The summed E-state index contributed by atoms with van der Waals surface area (Å²) in [6, 6.07) is 13.3. The first-order valence-corrected chi connectivity index (χ1v) is 21.8. The lowest BCUT2D eigenvalue weighted by molar-refractivity contribution is -0.141. The van der Waals surface area contributed by atoms with Crippen molar-refractivity contribution >= 4 is 29.5 Å². The summed E-state index contributed by atoms with van der Waals surface area (Å²) in [6.07, 6.45) is 5.77. The maximum absolute atomic E-state index is 14.7. The summed E-state index contributed by atoms with van der Waals surface area (Å²) < 4.78 is 12.2. The molecule has 6 rings (SSSR count). The zero-order valence-corrected chi connectivity index (χ0v) is 36.9. The molecular weight excluding hydrogens is 831 g/mol. The van der Waals surface area contributed by atoms with Gasteiger partial charge in [-0.3, -0.25) is 24.0 Å². The van der Waals surface area contributed by atoms with E-state index in [0.717, 1.165) is 31.2 Å². The zero-order chi connectivity index (χ0) is 46.6. The fraction of sp³-hybridized carbons (Fsp3) is 0.404. The highest BCUT2D eigenvalue weighted by molar-refractivity contribution is 6.00. The summed E-state index contributed by atoms with van der Waals surface area (Å²) in [5.41, 5.74) is 23.6. The van der Waals surface area contributed by atoms with Gasteiger partial charge in [-0.25, -0.2) is 9.97 Å². The molecule has 0 fully saturated rings. The normalized spacial score (nSPS) is 17.5. The first-order chi connectivity index (χ1) is 31.4. The number of carbonyl (C=O) groups is 5. The molecule has 3 aromatic carbocycles. The number of likely N-dealkylation sites (N-methyl/N-ethyl adjacent to an activating group) is 1. The number of aryl methyl sites for hydroxylation is 3. The Morgan fingerprint density at radius 1 is 0.908 bits per heavy atom. The van der Waals surface area contributed by atoms with Crippen molar-refractivity contribution in [2.75, 3.05) is 46.4 Å². The molecule has 4 atom stereocenters. The number of carbonyl (C=O) groups excluding carboxylic acids is 5. The molecule has 18 heteroatoms. The van der Waals surface area contributed by atoms with E-state index in [4.69, 9.17) is 31.9 Å². The van der Waals surface area contributed by atoms with E-state index >= 15 is 0 Å². The molecule has 0 radical (unpaired) electrons. The summed E-state index contributed by atoms with van der Waals surface area (Å²) >= 11 is 0. The SMILES string of the molecule is Cc1nc(-c2ccc3c(c2)CCCC3)ncc1C(=O)NC(CCN)C(=O)N(C)C1C(=O)NC(C)C(=O)NC(C(=O)NCC#N)Cc2ccc(OCCN)c(c2)-c2cc1ccc2OCCN. The Morgan fingerprint density at radius 3 is 2.28 bits per heavy atom. The second-order valence-electron chi connectivity index (χ2n) is 16.1. The van der Waals surface area contributed by atoms with E-state index in [1.54, 1.807) is 43.3 Å². The van der Waals surface area contributed by atoms with Crippen LogP contribution < -0.4 is 47.9 Å². The van der Waals surface area contributed by atoms with Gasteiger partial charge in [0.05, 0.1) is 17.3 Å². The molecule has 0 spiro atoms. The Bertz CT molecular complexity index is 2460. The summed E-state index contributed by atoms with van der Waals surface area (Å²) in [5.74, 6) is -2.07. The minimum absolute atomic E-state index is 0.00502. The van der Waals surface area contributed by atoms with Crippen molar-refractivity contribution in [1.29, 1.82) is 5.26 Å². The van der Waals surface area contributed by atoms with Crippen LogP contribution in [0, 0.1) is 18.3 Å². The van der Waals surface area contributed by atoms with Crippen molar-refractivity contribution in [3.63, 3.8) is 0 Å². The molecule has 5 amide bonds. The smallest absolute Gasteiger partial charge is 0.255 e. The van der Waals surface area contributed by atoms with Gasteiger partial charge in [0.25, 0.3) is 5.91 Å². The lowest BCUT2D eigenvalue weighted by Gasteiger charge is -2.32. The topological polar surface area (TPSA) is 283 Å². The van der Waals surface area contributed by atoms with Gasteiger partial charge in [0.1, 0.15) is 55.4 Å². The van der Waals surface area contributed by atoms with Crippen molar-refractivity contribution in [3.05, 3.63) is 94.3 Å². The van der Waals surface area contributed by atoms with Crippen LogP contribution in [0.25, 0.3) is 22.5 Å². The van der Waals surface area contributed by atoms with Gasteiger partial charge in [-0.2, -0.15) is 5.26 Å². The summed E-state index contributed by atoms with van der Waals surface area (Å²) in [7, 11) is 1.42. The van der Waals surface area contributed by atoms with Crippen molar-refractivity contribution in [3.8, 4) is 40.1 Å². The van der Waals surface area contributed by atoms with E-state index < -0.39 is 53.7 Å². The molecule has 4 aromatic rings. The van der Waals surface area contributed by atoms with Crippen molar-refractivity contribution in [2.24, 2.45) is 17.2 Å². The number of benzene rings is 3. The maximum Gasteiger partial charge on any atom is 0.255 e. The fourth-order valence-electron chi connectivity index (χ4n) is 8.07. The predicted molar refractivity (Wildman–Crippen MR) is 242 cm³/mol. The van der Waals surface area contributed by atoms with Crippen molar-refractivity contribution in [1.82, 2.24) is 36.1 Å². The van der Waals surface area contributed by atoms with E-state index in [1.165, 1.54) is 36.2 Å². The van der Waals surface area contributed by atoms with Gasteiger partial charge in [-0.05, 0) is 105 Å². The van der Waals surface area contributed by atoms with E-state index in [9.17, 15) is 24.0 Å². The fourth-order valence-corrected chi connectivity index (χ4v) is 8.07. The third-order valence-corrected chi connectivity index (χ3v) is 11.4. The molecule has 4 unspecified atom stereocenters. The zero-order valence-electron chi connectivity index (χ0n) is 36.9. The average Bonchev–Trinajstić information content (AvgIpc) is 3.31. The highest BCUT2D eigenvalue weighted by atomic mass is 16.5. The Balaban J connectivity index is 1.37. The molecular formula is C47H57N11O7. The number of ether oxygens (including phenoxy) is 2. The molecule has 1 aromatic heterocycles. The second kappa shape index (κ2) is 22.1. The minimum atomic E-state index is -1.40. The molecule has 65 heavy (non-hydrogen) atoms. The Hall–Kier alpha value is -6.94. The summed E-state index contributed by atoms with van der Waals surface area (Å²) in [4.78, 5) is 80.6. The van der Waals surface area contributed by atoms with Crippen molar-refractivity contribution in [2.45, 2.75) is 76.5 Å². The lowest BCUT2D eigenvalue weighted by atomic mass is 9.90. The highest BCUT2D eigenvalue weighted by Crippen LogP contribution is 2.40. The van der Waals surface area contributed by atoms with Crippen LogP contribution in [-0.2, 0) is 38.4 Å².